The molecule has 0 atom stereocenters. The van der Waals surface area contributed by atoms with Gasteiger partial charge in [0.05, 0.1) is 0 Å². The van der Waals surface area contributed by atoms with Crippen molar-refractivity contribution in [2.45, 2.75) is 19.6 Å². The van der Waals surface area contributed by atoms with Gasteiger partial charge in [-0.3, -0.25) is 0 Å². The molecule has 3 N–H and O–H groups in total. The van der Waals surface area contributed by atoms with E-state index in [1.807, 2.05) is 0 Å². The summed E-state index contributed by atoms with van der Waals surface area (Å²) in [6.45, 7) is 7.09. The zero-order chi connectivity index (χ0) is 12.9. The van der Waals surface area contributed by atoms with E-state index in [-0.39, 0.29) is 26.2 Å². The molecule has 0 aliphatic carbocycles. The monoisotopic (exact) mass is 323 g/mol. The summed E-state index contributed by atoms with van der Waals surface area (Å²) < 4.78 is 0. The Bertz CT molecular complexity index is 184. The Balaban J connectivity index is -0.0000000900. The number of aliphatic hydroxyl groups excluding tert-OH is 3. The SMILES string of the molecule is CO.CO.CO.C[Si](C)(C)[c-]1cccc1.[Zr]. The molecule has 1 rings (SSSR count). The van der Waals surface area contributed by atoms with Crippen molar-refractivity contribution in [2.75, 3.05) is 21.3 Å². The van der Waals surface area contributed by atoms with Crippen molar-refractivity contribution in [1.29, 1.82) is 0 Å². The summed E-state index contributed by atoms with van der Waals surface area (Å²) in [6, 6.07) is 8.69. The number of rotatable bonds is 1. The van der Waals surface area contributed by atoms with Gasteiger partial charge in [-0.2, -0.15) is 17.3 Å². The van der Waals surface area contributed by atoms with Crippen LogP contribution in [-0.4, -0.2) is 44.7 Å². The molecule has 3 nitrogen and oxygen atoms in total. The van der Waals surface area contributed by atoms with E-state index in [1.54, 1.807) is 5.19 Å². The molecule has 0 fully saturated rings. The smallest absolute Gasteiger partial charge is 0.0319 e. The zero-order valence-corrected chi connectivity index (χ0v) is 14.6. The van der Waals surface area contributed by atoms with Crippen molar-refractivity contribution in [2.24, 2.45) is 0 Å². The van der Waals surface area contributed by atoms with Gasteiger partial charge in [-0.1, -0.05) is 19.6 Å². The van der Waals surface area contributed by atoms with Gasteiger partial charge in [0.25, 0.3) is 0 Å². The Morgan fingerprint density at radius 1 is 0.750 bits per heavy atom. The predicted molar refractivity (Wildman–Crippen MR) is 69.4 cm³/mol. The van der Waals surface area contributed by atoms with Gasteiger partial charge in [-0.05, 0) is 0 Å². The third-order valence-corrected chi connectivity index (χ3v) is 3.59. The van der Waals surface area contributed by atoms with E-state index in [1.165, 1.54) is 0 Å². The number of hydrogen-bond donors (Lipinski definition) is 3. The minimum Gasteiger partial charge on any atom is -0.400 e. The molecule has 5 heteroatoms. The normalized spacial score (nSPS) is 7.81. The van der Waals surface area contributed by atoms with Crippen LogP contribution in [0.3, 0.4) is 0 Å². The van der Waals surface area contributed by atoms with Crippen molar-refractivity contribution >= 4 is 13.3 Å². The topological polar surface area (TPSA) is 60.7 Å². The van der Waals surface area contributed by atoms with E-state index in [2.05, 4.69) is 43.9 Å². The van der Waals surface area contributed by atoms with E-state index < -0.39 is 8.07 Å². The molecule has 0 saturated heterocycles. The second kappa shape index (κ2) is 17.7. The van der Waals surface area contributed by atoms with Gasteiger partial charge in [0.15, 0.2) is 0 Å². The summed E-state index contributed by atoms with van der Waals surface area (Å²) in [5.74, 6) is 0. The summed E-state index contributed by atoms with van der Waals surface area (Å²) in [5, 5.41) is 22.6. The second-order valence-corrected chi connectivity index (χ2v) is 8.50. The molecular formula is C11H25O3SiZr-. The summed E-state index contributed by atoms with van der Waals surface area (Å²) >= 11 is 0. The van der Waals surface area contributed by atoms with Crippen LogP contribution in [0.4, 0.5) is 0 Å². The summed E-state index contributed by atoms with van der Waals surface area (Å²) in [4.78, 5) is 0. The quantitative estimate of drug-likeness (QED) is 0.528. The second-order valence-electron chi connectivity index (χ2n) is 3.42. The van der Waals surface area contributed by atoms with Crippen LogP contribution in [-0.2, 0) is 26.2 Å². The van der Waals surface area contributed by atoms with Crippen molar-refractivity contribution in [1.82, 2.24) is 0 Å². The largest absolute Gasteiger partial charge is 0.400 e. The first-order valence-corrected chi connectivity index (χ1v) is 8.17. The van der Waals surface area contributed by atoms with Gasteiger partial charge < -0.3 is 15.3 Å². The molecule has 96 valence electrons. The fraction of sp³-hybridized carbons (Fsp3) is 0.545. The van der Waals surface area contributed by atoms with Gasteiger partial charge in [0.2, 0.25) is 0 Å². The maximum Gasteiger partial charge on any atom is 0.0319 e. The van der Waals surface area contributed by atoms with Gasteiger partial charge in [0, 0.05) is 55.6 Å². The summed E-state index contributed by atoms with van der Waals surface area (Å²) in [7, 11) is 2.02. The summed E-state index contributed by atoms with van der Waals surface area (Å²) in [6.07, 6.45) is 0. The van der Waals surface area contributed by atoms with Gasteiger partial charge in [-0.15, -0.1) is 0 Å². The first kappa shape index (κ1) is 25.2. The maximum absolute atomic E-state index is 7.00. The minimum atomic E-state index is -0.981. The molecule has 0 amide bonds. The first-order valence-electron chi connectivity index (χ1n) is 4.67. The van der Waals surface area contributed by atoms with Crippen LogP contribution in [0.2, 0.25) is 19.6 Å². The minimum absolute atomic E-state index is 0. The van der Waals surface area contributed by atoms with Gasteiger partial charge in [0.1, 0.15) is 0 Å². The molecule has 0 heterocycles. The predicted octanol–water partition coefficient (Wildman–Crippen LogP) is 0.774. The van der Waals surface area contributed by atoms with Crippen LogP contribution >= 0.6 is 0 Å². The van der Waals surface area contributed by atoms with Crippen molar-refractivity contribution in [3.05, 3.63) is 24.3 Å². The molecule has 0 unspecified atom stereocenters. The Hall–Kier alpha value is 0.330. The van der Waals surface area contributed by atoms with Crippen molar-refractivity contribution in [3.8, 4) is 0 Å². The Morgan fingerprint density at radius 3 is 1.12 bits per heavy atom. The molecule has 0 aromatic heterocycles. The summed E-state index contributed by atoms with van der Waals surface area (Å²) in [5.41, 5.74) is 0. The molecule has 0 bridgehead atoms. The number of aliphatic hydroxyl groups is 3. The fourth-order valence-corrected chi connectivity index (χ4v) is 2.07. The zero-order valence-electron chi connectivity index (χ0n) is 11.2. The van der Waals surface area contributed by atoms with E-state index in [0.29, 0.717) is 0 Å². The van der Waals surface area contributed by atoms with Crippen LogP contribution in [0.1, 0.15) is 0 Å². The standard InChI is InChI=1S/C8H13Si.3CH4O.Zr/c1-9(2,3)8-6-4-5-7-8;3*1-2;/h4-7H,1-3H3;3*2H,1H3;/q-1;;;;. The molecular weight excluding hydrogens is 299 g/mol. The molecule has 16 heavy (non-hydrogen) atoms. The van der Waals surface area contributed by atoms with E-state index in [0.717, 1.165) is 21.3 Å². The van der Waals surface area contributed by atoms with E-state index in [4.69, 9.17) is 15.3 Å². The molecule has 0 radical (unpaired) electrons. The molecule has 1 aromatic carbocycles. The Labute approximate surface area is 120 Å². The third kappa shape index (κ3) is 14.3. The molecule has 0 aliphatic rings. The van der Waals surface area contributed by atoms with Crippen LogP contribution < -0.4 is 5.19 Å². The Morgan fingerprint density at radius 2 is 1.00 bits per heavy atom. The average Bonchev–Trinajstić information content (AvgIpc) is 2.79. The van der Waals surface area contributed by atoms with Crippen molar-refractivity contribution < 1.29 is 41.5 Å². The maximum atomic E-state index is 7.00. The molecule has 0 saturated carbocycles. The Kier molecular flexibility index (Phi) is 28.0. The third-order valence-electron chi connectivity index (χ3n) is 1.53. The van der Waals surface area contributed by atoms with E-state index >= 15 is 0 Å². The van der Waals surface area contributed by atoms with Crippen LogP contribution in [0.25, 0.3) is 0 Å². The van der Waals surface area contributed by atoms with E-state index in [9.17, 15) is 0 Å². The molecule has 1 aromatic rings. The van der Waals surface area contributed by atoms with Crippen LogP contribution in [0.15, 0.2) is 24.3 Å². The average molecular weight is 325 g/mol. The fourth-order valence-electron chi connectivity index (χ4n) is 0.874. The van der Waals surface area contributed by atoms with Gasteiger partial charge in [-0.25, -0.2) is 12.1 Å². The first-order chi connectivity index (χ1) is 7.11. The van der Waals surface area contributed by atoms with Crippen LogP contribution in [0.5, 0.6) is 0 Å². The van der Waals surface area contributed by atoms with Gasteiger partial charge >= 0.3 is 0 Å². The van der Waals surface area contributed by atoms with Crippen molar-refractivity contribution in [3.63, 3.8) is 0 Å². The number of hydrogen-bond acceptors (Lipinski definition) is 3. The van der Waals surface area contributed by atoms with Crippen LogP contribution in [0, 0.1) is 0 Å². The molecule has 0 spiro atoms. The molecule has 0 aliphatic heterocycles.